The number of hydrogen-bond donors (Lipinski definition) is 1. The third-order valence-corrected chi connectivity index (χ3v) is 12.3. The lowest BCUT2D eigenvalue weighted by atomic mass is 9.75. The molecule has 0 fully saturated rings. The van der Waals surface area contributed by atoms with E-state index in [0.717, 1.165) is 37.7 Å². The Kier molecular flexibility index (Phi) is 10.7. The van der Waals surface area contributed by atoms with Gasteiger partial charge < -0.3 is 14.3 Å². The Morgan fingerprint density at radius 2 is 0.746 bits per heavy atom. The lowest BCUT2D eigenvalue weighted by Gasteiger charge is -2.37. The first kappa shape index (κ1) is 39.6. The van der Waals surface area contributed by atoms with Crippen LogP contribution in [0.2, 0.25) is 0 Å². The minimum atomic E-state index is -1.33. The van der Waals surface area contributed by atoms with Gasteiger partial charge in [-0.2, -0.15) is 0 Å². The zero-order valence-electron chi connectivity index (χ0n) is 34.0. The molecule has 1 aliphatic rings. The van der Waals surface area contributed by atoms with Crippen molar-refractivity contribution in [2.45, 2.75) is 5.60 Å². The summed E-state index contributed by atoms with van der Waals surface area (Å²) in [4.78, 5) is 12.0. The van der Waals surface area contributed by atoms with E-state index >= 15 is 0 Å². The van der Waals surface area contributed by atoms with Gasteiger partial charge in [0.25, 0.3) is 0 Å². The molecule has 0 radical (unpaired) electrons. The van der Waals surface area contributed by atoms with Crippen LogP contribution in [0.4, 0.5) is 0 Å². The zero-order valence-corrected chi connectivity index (χ0v) is 35.6. The average molecular weight is 880 g/mol. The van der Waals surface area contributed by atoms with Gasteiger partial charge in [-0.1, -0.05) is 204 Å². The third kappa shape index (κ3) is 7.38. The predicted molar refractivity (Wildman–Crippen MR) is 262 cm³/mol. The Hall–Kier alpha value is -7.57. The van der Waals surface area contributed by atoms with Crippen molar-refractivity contribution >= 4 is 59.4 Å². The molecule has 0 atom stereocenters. The quantitative estimate of drug-likeness (QED) is 0.180. The van der Waals surface area contributed by atoms with Gasteiger partial charge in [0, 0.05) is 21.2 Å². The molecule has 0 bridgehead atoms. The first-order valence-electron chi connectivity index (χ1n) is 20.8. The van der Waals surface area contributed by atoms with Crippen molar-refractivity contribution < 1.29 is 14.3 Å². The lowest BCUT2D eigenvalue weighted by molar-refractivity contribution is 0.113. The second-order valence-electron chi connectivity index (χ2n) is 15.3. The maximum atomic E-state index is 12.5. The fourth-order valence-electron chi connectivity index (χ4n) is 8.65. The van der Waals surface area contributed by atoms with Crippen LogP contribution in [-0.2, 0) is 5.60 Å². The molecule has 63 heavy (non-hydrogen) atoms. The van der Waals surface area contributed by atoms with Gasteiger partial charge in [0.1, 0.15) is 28.3 Å². The molecule has 12 rings (SSSR count). The van der Waals surface area contributed by atoms with Gasteiger partial charge in [0.05, 0.1) is 10.8 Å². The topological polar surface area (TPSA) is 59.7 Å². The van der Waals surface area contributed by atoms with E-state index < -0.39 is 5.60 Å². The molecule has 2 heterocycles. The van der Waals surface area contributed by atoms with Crippen molar-refractivity contribution in [2.24, 2.45) is 0 Å². The van der Waals surface area contributed by atoms with E-state index in [1.165, 1.54) is 27.3 Å². The van der Waals surface area contributed by atoms with E-state index in [1.807, 2.05) is 109 Å². The fourth-order valence-corrected chi connectivity index (χ4v) is 9.14. The SMILES string of the molecule is Brc1ccccc1-c1cccc2ccccc12.O=c1c2ccccc2oc2ccccc12.OC1(c2ccccc2-c2cccc3ccccc23)c2ccccc2Oc2ccccc21. The van der Waals surface area contributed by atoms with E-state index in [-0.39, 0.29) is 5.43 Å². The minimum absolute atomic E-state index is 0.0347. The van der Waals surface area contributed by atoms with Crippen LogP contribution in [0.1, 0.15) is 16.7 Å². The molecular weight excluding hydrogens is 841 g/mol. The van der Waals surface area contributed by atoms with Crippen LogP contribution in [0.25, 0.3) is 65.7 Å². The van der Waals surface area contributed by atoms with Gasteiger partial charge in [0.15, 0.2) is 0 Å². The molecular formula is C58H39BrO4. The van der Waals surface area contributed by atoms with Crippen molar-refractivity contribution in [3.05, 3.63) is 262 Å². The number of hydrogen-bond acceptors (Lipinski definition) is 4. The Bertz CT molecular complexity index is 3400. The van der Waals surface area contributed by atoms with E-state index in [0.29, 0.717) is 33.4 Å². The van der Waals surface area contributed by atoms with Crippen molar-refractivity contribution in [3.63, 3.8) is 0 Å². The van der Waals surface area contributed by atoms with Gasteiger partial charge in [-0.05, 0) is 86.3 Å². The van der Waals surface area contributed by atoms with Crippen LogP contribution in [0.15, 0.2) is 244 Å². The molecule has 4 nitrogen and oxygen atoms in total. The van der Waals surface area contributed by atoms with Crippen molar-refractivity contribution in [3.8, 4) is 33.8 Å². The Morgan fingerprint density at radius 3 is 1.30 bits per heavy atom. The summed E-state index contributed by atoms with van der Waals surface area (Å²) in [5.41, 5.74) is 6.95. The molecule has 1 N–H and O–H groups in total. The van der Waals surface area contributed by atoms with Crippen LogP contribution in [0.5, 0.6) is 11.5 Å². The minimum Gasteiger partial charge on any atom is -0.457 e. The van der Waals surface area contributed by atoms with Crippen molar-refractivity contribution in [1.29, 1.82) is 0 Å². The number of halogens is 1. The van der Waals surface area contributed by atoms with Crippen LogP contribution >= 0.6 is 15.9 Å². The van der Waals surface area contributed by atoms with Crippen molar-refractivity contribution in [2.75, 3.05) is 0 Å². The number of fused-ring (bicyclic) bond motifs is 6. The molecule has 0 unspecified atom stereocenters. The van der Waals surface area contributed by atoms with Gasteiger partial charge >= 0.3 is 0 Å². The summed E-state index contributed by atoms with van der Waals surface area (Å²) in [7, 11) is 0. The van der Waals surface area contributed by atoms with Crippen LogP contribution in [0, 0.1) is 0 Å². The maximum absolute atomic E-state index is 12.5. The van der Waals surface area contributed by atoms with E-state index in [2.05, 4.69) is 125 Å². The first-order chi connectivity index (χ1) is 31.0. The van der Waals surface area contributed by atoms with Gasteiger partial charge in [-0.25, -0.2) is 0 Å². The number of para-hydroxylation sites is 4. The fraction of sp³-hybridized carbons (Fsp3) is 0.0172. The molecule has 0 spiro atoms. The molecule has 10 aromatic carbocycles. The molecule has 1 aromatic heterocycles. The van der Waals surface area contributed by atoms with Crippen LogP contribution < -0.4 is 10.2 Å². The average Bonchev–Trinajstić information content (AvgIpc) is 3.34. The lowest BCUT2D eigenvalue weighted by Crippen LogP contribution is -2.33. The molecule has 5 heteroatoms. The summed E-state index contributed by atoms with van der Waals surface area (Å²) in [5, 5.41) is 18.7. The second kappa shape index (κ2) is 17.1. The Labute approximate surface area is 373 Å². The largest absolute Gasteiger partial charge is 0.457 e. The summed E-state index contributed by atoms with van der Waals surface area (Å²) in [6.07, 6.45) is 0. The molecule has 0 aliphatic carbocycles. The molecule has 0 saturated carbocycles. The number of aliphatic hydroxyl groups is 1. The smallest absolute Gasteiger partial charge is 0.200 e. The highest BCUT2D eigenvalue weighted by Gasteiger charge is 2.43. The highest BCUT2D eigenvalue weighted by Crippen LogP contribution is 2.52. The number of rotatable bonds is 3. The van der Waals surface area contributed by atoms with Gasteiger partial charge in [-0.15, -0.1) is 0 Å². The van der Waals surface area contributed by atoms with E-state index in [4.69, 9.17) is 9.15 Å². The second-order valence-corrected chi connectivity index (χ2v) is 16.2. The van der Waals surface area contributed by atoms with Crippen molar-refractivity contribution in [1.82, 2.24) is 0 Å². The highest BCUT2D eigenvalue weighted by atomic mass is 79.9. The summed E-state index contributed by atoms with van der Waals surface area (Å²) >= 11 is 3.62. The van der Waals surface area contributed by atoms with E-state index in [9.17, 15) is 9.90 Å². The normalized spacial score (nSPS) is 12.3. The van der Waals surface area contributed by atoms with Crippen LogP contribution in [0.3, 0.4) is 0 Å². The highest BCUT2D eigenvalue weighted by molar-refractivity contribution is 9.10. The third-order valence-electron chi connectivity index (χ3n) is 11.6. The standard InChI is InChI=1S/C29H20O2.C16H11Br.C13H8O2/c30-29(25-16-5-7-18-27(25)31-28-19-8-6-17-26(28)29)24-15-4-3-13-23(24)22-14-9-11-20-10-1-2-12-21(20)22;17-16-11-4-3-9-15(16)14-10-5-7-12-6-1-2-8-13(12)14;14-13-9-5-1-3-7-11(9)15-12-8-4-2-6-10(12)13/h1-19,30H;1-11H;1-8H. The summed E-state index contributed by atoms with van der Waals surface area (Å²) in [6.45, 7) is 0. The molecule has 1 aliphatic heterocycles. The van der Waals surface area contributed by atoms with Crippen LogP contribution in [-0.4, -0.2) is 5.11 Å². The van der Waals surface area contributed by atoms with Gasteiger partial charge in [0.2, 0.25) is 5.43 Å². The molecule has 302 valence electrons. The Morgan fingerprint density at radius 1 is 0.365 bits per heavy atom. The maximum Gasteiger partial charge on any atom is 0.200 e. The van der Waals surface area contributed by atoms with E-state index in [1.54, 1.807) is 12.1 Å². The Balaban J connectivity index is 0.000000124. The number of benzene rings is 10. The predicted octanol–water partition coefficient (Wildman–Crippen LogP) is 15.1. The summed E-state index contributed by atoms with van der Waals surface area (Å²) in [5.74, 6) is 1.35. The molecule has 0 saturated heterocycles. The molecule has 0 amide bonds. The van der Waals surface area contributed by atoms with Gasteiger partial charge in [-0.3, -0.25) is 4.79 Å². The monoisotopic (exact) mass is 878 g/mol. The first-order valence-corrected chi connectivity index (χ1v) is 21.6. The molecule has 11 aromatic rings. The zero-order chi connectivity index (χ0) is 42.8. The summed E-state index contributed by atoms with van der Waals surface area (Å²) in [6, 6.07) is 76.1. The summed E-state index contributed by atoms with van der Waals surface area (Å²) < 4.78 is 12.9. The number of ether oxygens (including phenoxy) is 1.